The number of phenols is 2. The molecule has 12 nitrogen and oxygen atoms in total. The van der Waals surface area contributed by atoms with Crippen molar-refractivity contribution in [3.8, 4) is 17.2 Å². The lowest BCUT2D eigenvalue weighted by atomic mass is 9.71. The lowest BCUT2D eigenvalue weighted by Crippen LogP contribution is -2.58. The molecule has 0 amide bonds. The number of rotatable bonds is 5. The van der Waals surface area contributed by atoms with Crippen molar-refractivity contribution in [2.75, 3.05) is 33.4 Å². The second kappa shape index (κ2) is 12.2. The fraction of sp³-hybridized carbons (Fsp3) is 0.548. The van der Waals surface area contributed by atoms with E-state index in [-0.39, 0.29) is 76.8 Å². The van der Waals surface area contributed by atoms with Crippen LogP contribution in [0.5, 0.6) is 17.2 Å². The van der Waals surface area contributed by atoms with Gasteiger partial charge in [0.05, 0.1) is 67.0 Å². The van der Waals surface area contributed by atoms with Crippen LogP contribution in [0.2, 0.25) is 0 Å². The molecule has 2 aliphatic carbocycles. The Labute approximate surface area is 260 Å². The summed E-state index contributed by atoms with van der Waals surface area (Å²) < 4.78 is 23.2. The van der Waals surface area contributed by atoms with Gasteiger partial charge in [-0.3, -0.25) is 14.5 Å². The zero-order chi connectivity index (χ0) is 30.8. The molecule has 2 saturated heterocycles. The molecular formula is C31H38ClNO11. The number of ketones is 2. The molecule has 7 atom stereocenters. The van der Waals surface area contributed by atoms with Crippen molar-refractivity contribution in [3.63, 3.8) is 0 Å². The van der Waals surface area contributed by atoms with E-state index < -0.39 is 59.4 Å². The number of aliphatic hydroxyl groups is 3. The normalized spacial score (nSPS) is 30.9. The molecule has 240 valence electrons. The molecule has 0 radical (unpaired) electrons. The van der Waals surface area contributed by atoms with Gasteiger partial charge in [-0.1, -0.05) is 12.1 Å². The number of ether oxygens (including phenoxy) is 4. The van der Waals surface area contributed by atoms with Crippen LogP contribution in [-0.2, 0) is 20.6 Å². The number of fused-ring (bicyclic) bond motifs is 3. The molecule has 0 aromatic heterocycles. The monoisotopic (exact) mass is 635 g/mol. The van der Waals surface area contributed by atoms with E-state index in [4.69, 9.17) is 18.9 Å². The Morgan fingerprint density at radius 2 is 1.75 bits per heavy atom. The van der Waals surface area contributed by atoms with E-state index in [1.54, 1.807) is 13.0 Å². The number of carbonyl (C=O) groups excluding carboxylic acids is 2. The zero-order valence-corrected chi connectivity index (χ0v) is 25.5. The van der Waals surface area contributed by atoms with E-state index in [9.17, 15) is 35.1 Å². The number of morpholine rings is 1. The number of benzene rings is 2. The first-order chi connectivity index (χ1) is 20.5. The Kier molecular flexibility index (Phi) is 9.02. The third-order valence-electron chi connectivity index (χ3n) is 9.39. The molecule has 2 heterocycles. The lowest BCUT2D eigenvalue weighted by molar-refractivity contribution is -0.263. The summed E-state index contributed by atoms with van der Waals surface area (Å²) in [6, 6.07) is 4.20. The highest BCUT2D eigenvalue weighted by atomic mass is 35.5. The second-order valence-electron chi connectivity index (χ2n) is 11.9. The third-order valence-corrected chi connectivity index (χ3v) is 9.39. The molecule has 3 unspecified atom stereocenters. The average molecular weight is 636 g/mol. The average Bonchev–Trinajstić information content (AvgIpc) is 2.99. The summed E-state index contributed by atoms with van der Waals surface area (Å²) in [5.74, 6) is -2.36. The van der Waals surface area contributed by atoms with Gasteiger partial charge in [0, 0.05) is 55.1 Å². The molecular weight excluding hydrogens is 598 g/mol. The van der Waals surface area contributed by atoms with E-state index in [0.29, 0.717) is 26.3 Å². The minimum atomic E-state index is -1.80. The van der Waals surface area contributed by atoms with Gasteiger partial charge in [-0.05, 0) is 19.9 Å². The van der Waals surface area contributed by atoms with Gasteiger partial charge in [-0.25, -0.2) is 0 Å². The largest absolute Gasteiger partial charge is 0.507 e. The zero-order valence-electron chi connectivity index (χ0n) is 24.7. The second-order valence-corrected chi connectivity index (χ2v) is 11.9. The van der Waals surface area contributed by atoms with Crippen molar-refractivity contribution in [2.45, 2.75) is 75.5 Å². The number of carbonyl (C=O) groups is 2. The summed E-state index contributed by atoms with van der Waals surface area (Å²) in [6.07, 6.45) is -5.01. The molecule has 0 bridgehead atoms. The predicted octanol–water partition coefficient (Wildman–Crippen LogP) is 1.62. The summed E-state index contributed by atoms with van der Waals surface area (Å²) in [5.41, 5.74) is -2.55. The minimum Gasteiger partial charge on any atom is -0.507 e. The maximum absolute atomic E-state index is 13.8. The van der Waals surface area contributed by atoms with Crippen molar-refractivity contribution in [1.82, 2.24) is 4.90 Å². The van der Waals surface area contributed by atoms with Gasteiger partial charge in [-0.15, -0.1) is 12.4 Å². The number of halogens is 1. The quantitative estimate of drug-likeness (QED) is 0.257. The molecule has 0 saturated carbocycles. The summed E-state index contributed by atoms with van der Waals surface area (Å²) in [7, 11) is 1.36. The maximum Gasteiger partial charge on any atom is 0.202 e. The fourth-order valence-electron chi connectivity index (χ4n) is 6.95. The molecule has 5 N–H and O–H groups in total. The number of nitrogens with zero attached hydrogens (tertiary/aromatic N) is 1. The first-order valence-corrected chi connectivity index (χ1v) is 14.5. The molecule has 2 aromatic rings. The number of methoxy groups -OCH3 is 1. The summed E-state index contributed by atoms with van der Waals surface area (Å²) in [6.45, 7) is 5.43. The number of hydrogen-bond acceptors (Lipinski definition) is 12. The lowest BCUT2D eigenvalue weighted by Gasteiger charge is -2.46. The Bertz CT molecular complexity index is 1460. The van der Waals surface area contributed by atoms with Crippen LogP contribution in [0.15, 0.2) is 18.2 Å². The molecule has 6 rings (SSSR count). The van der Waals surface area contributed by atoms with Crippen LogP contribution in [0.25, 0.3) is 0 Å². The van der Waals surface area contributed by atoms with Crippen LogP contribution in [0.4, 0.5) is 0 Å². The number of hydrogen-bond donors (Lipinski definition) is 5. The van der Waals surface area contributed by atoms with Gasteiger partial charge in [0.25, 0.3) is 0 Å². The van der Waals surface area contributed by atoms with Crippen molar-refractivity contribution in [2.24, 2.45) is 0 Å². The molecule has 4 aliphatic rings. The van der Waals surface area contributed by atoms with Crippen LogP contribution in [0.1, 0.15) is 75.8 Å². The topological polar surface area (TPSA) is 175 Å². The number of aliphatic hydroxyl groups excluding tert-OH is 2. The Morgan fingerprint density at radius 1 is 1.07 bits per heavy atom. The Balaban J connectivity index is 0.00000384. The van der Waals surface area contributed by atoms with Crippen molar-refractivity contribution in [3.05, 3.63) is 51.6 Å². The first kappa shape index (κ1) is 32.6. The first-order valence-electron chi connectivity index (χ1n) is 14.5. The minimum absolute atomic E-state index is 0. The highest BCUT2D eigenvalue weighted by molar-refractivity contribution is 6.31. The van der Waals surface area contributed by atoms with Crippen molar-refractivity contribution >= 4 is 24.0 Å². The highest BCUT2D eigenvalue weighted by Gasteiger charge is 2.49. The van der Waals surface area contributed by atoms with Crippen LogP contribution >= 0.6 is 12.4 Å². The third kappa shape index (κ3) is 5.17. The maximum atomic E-state index is 13.8. The summed E-state index contributed by atoms with van der Waals surface area (Å²) >= 11 is 0. The predicted molar refractivity (Wildman–Crippen MR) is 157 cm³/mol. The molecule has 13 heteroatoms. The van der Waals surface area contributed by atoms with E-state index in [0.717, 1.165) is 0 Å². The van der Waals surface area contributed by atoms with Crippen LogP contribution in [0.3, 0.4) is 0 Å². The molecule has 44 heavy (non-hydrogen) atoms. The highest BCUT2D eigenvalue weighted by Crippen LogP contribution is 2.53. The van der Waals surface area contributed by atoms with Gasteiger partial charge in [-0.2, -0.15) is 0 Å². The van der Waals surface area contributed by atoms with Gasteiger partial charge < -0.3 is 44.5 Å². The molecule has 2 aromatic carbocycles. The standard InChI is InChI=1S/C31H37NO11.ClH/c1-14-26(34)18(32-7-9-41-10-8-32)11-21(42-14)43-20-13-31(39,15(2)33)12-17-23(20)30(38)25-24(28(17)36)27(35)16-5-4-6-19(40-3)22(16)29(25)37;/h4-6,14-15,18,20-21,26,33-34,36,38-39H,7-13H2,1-3H3;1H/t14-,15?,18-,20?,21-,26+,31?;/m0./s1. The Morgan fingerprint density at radius 3 is 2.41 bits per heavy atom. The molecule has 0 spiro atoms. The number of phenolic OH excluding ortho intramolecular Hbond substituents is 2. The van der Waals surface area contributed by atoms with Gasteiger partial charge in [0.1, 0.15) is 17.2 Å². The van der Waals surface area contributed by atoms with Crippen LogP contribution < -0.4 is 4.74 Å². The summed E-state index contributed by atoms with van der Waals surface area (Å²) in [4.78, 5) is 29.6. The SMILES string of the molecule is COc1cccc2c1C(=O)c1c(O)c3c(c(O)c1C2=O)CC(O)(C(C)O)CC3O[C@H]1C[C@H](N2CCOCC2)[C@H](O)[C@H](C)O1.Cl. The Hall–Kier alpha value is -2.81. The van der Waals surface area contributed by atoms with Crippen LogP contribution in [-0.4, -0.2) is 112 Å². The van der Waals surface area contributed by atoms with Crippen molar-refractivity contribution in [1.29, 1.82) is 0 Å². The smallest absolute Gasteiger partial charge is 0.202 e. The fourth-order valence-corrected chi connectivity index (χ4v) is 6.95. The molecule has 2 fully saturated rings. The van der Waals surface area contributed by atoms with Gasteiger partial charge >= 0.3 is 0 Å². The summed E-state index contributed by atoms with van der Waals surface area (Å²) in [5, 5.41) is 56.2. The molecule has 2 aliphatic heterocycles. The van der Waals surface area contributed by atoms with Gasteiger partial charge in [0.15, 0.2) is 12.1 Å². The number of aromatic hydroxyl groups is 2. The van der Waals surface area contributed by atoms with Crippen LogP contribution in [0, 0.1) is 0 Å². The van der Waals surface area contributed by atoms with E-state index in [1.165, 1.54) is 26.2 Å². The van der Waals surface area contributed by atoms with E-state index in [1.807, 2.05) is 0 Å². The van der Waals surface area contributed by atoms with E-state index >= 15 is 0 Å². The van der Waals surface area contributed by atoms with E-state index in [2.05, 4.69) is 4.90 Å². The van der Waals surface area contributed by atoms with Crippen molar-refractivity contribution < 1.29 is 54.1 Å². The van der Waals surface area contributed by atoms with Gasteiger partial charge in [0.2, 0.25) is 5.78 Å².